The molecule has 7 heteroatoms. The number of nitrogens with zero attached hydrogens (tertiary/aromatic N) is 2. The number of aromatic nitrogens is 2. The molecule has 1 heterocycles. The summed E-state index contributed by atoms with van der Waals surface area (Å²) in [7, 11) is 0. The molecule has 0 aliphatic rings. The van der Waals surface area contributed by atoms with E-state index in [1.807, 2.05) is 37.3 Å². The Kier molecular flexibility index (Phi) is 6.38. The predicted octanol–water partition coefficient (Wildman–Crippen LogP) is 4.45. The minimum atomic E-state index is -0.0501. The van der Waals surface area contributed by atoms with Crippen molar-refractivity contribution in [3.63, 3.8) is 0 Å². The van der Waals surface area contributed by atoms with Crippen molar-refractivity contribution in [3.05, 3.63) is 60.2 Å². The molecule has 0 aliphatic heterocycles. The summed E-state index contributed by atoms with van der Waals surface area (Å²) < 4.78 is 5.58. The molecule has 3 rings (SSSR count). The Balaban J connectivity index is 1.55. The summed E-state index contributed by atoms with van der Waals surface area (Å²) in [5.41, 5.74) is 2.09. The lowest BCUT2D eigenvalue weighted by molar-refractivity contribution is -0.116. The summed E-state index contributed by atoms with van der Waals surface area (Å²) in [4.78, 5) is 23.9. The van der Waals surface area contributed by atoms with Gasteiger partial charge in [0.2, 0.25) is 11.8 Å². The normalized spacial score (nSPS) is 10.6. The molecule has 0 saturated heterocycles. The third-order valence-corrected chi connectivity index (χ3v) is 4.54. The van der Waals surface area contributed by atoms with Crippen molar-refractivity contribution >= 4 is 29.1 Å². The van der Waals surface area contributed by atoms with Crippen LogP contribution in [0.1, 0.15) is 30.1 Å². The SMILES string of the molecule is CCCC(=O)Nc1ccc(C(=O)CSc2nnc(-c3ccccc3)o2)cc1. The van der Waals surface area contributed by atoms with Crippen LogP contribution in [-0.4, -0.2) is 27.6 Å². The van der Waals surface area contributed by atoms with Gasteiger partial charge in [-0.25, -0.2) is 0 Å². The number of nitrogens with one attached hydrogen (secondary N) is 1. The standard InChI is InChI=1S/C20H19N3O3S/c1-2-6-18(25)21-16-11-9-14(10-12-16)17(24)13-27-20-23-22-19(26-20)15-7-4-3-5-8-15/h3-5,7-12H,2,6,13H2,1H3,(H,21,25). The van der Waals surface area contributed by atoms with Crippen molar-refractivity contribution in [3.8, 4) is 11.5 Å². The van der Waals surface area contributed by atoms with Crippen molar-refractivity contribution < 1.29 is 14.0 Å². The van der Waals surface area contributed by atoms with Crippen LogP contribution in [0.25, 0.3) is 11.5 Å². The number of Topliss-reactive ketones (excluding diaryl/α,β-unsaturated/α-hetero) is 1. The third-order valence-electron chi connectivity index (χ3n) is 3.72. The maximum atomic E-state index is 12.3. The highest BCUT2D eigenvalue weighted by Crippen LogP contribution is 2.23. The first-order chi connectivity index (χ1) is 13.2. The van der Waals surface area contributed by atoms with Crippen LogP contribution in [0.2, 0.25) is 0 Å². The molecule has 0 aliphatic carbocycles. The van der Waals surface area contributed by atoms with E-state index < -0.39 is 0 Å². The predicted molar refractivity (Wildman–Crippen MR) is 105 cm³/mol. The maximum Gasteiger partial charge on any atom is 0.277 e. The molecule has 1 amide bonds. The van der Waals surface area contributed by atoms with Crippen LogP contribution in [0.5, 0.6) is 0 Å². The smallest absolute Gasteiger partial charge is 0.277 e. The van der Waals surface area contributed by atoms with E-state index in [2.05, 4.69) is 15.5 Å². The van der Waals surface area contributed by atoms with E-state index in [9.17, 15) is 9.59 Å². The van der Waals surface area contributed by atoms with Gasteiger partial charge in [0.05, 0.1) is 5.75 Å². The second kappa shape index (κ2) is 9.14. The summed E-state index contributed by atoms with van der Waals surface area (Å²) in [5.74, 6) is 0.541. The number of benzene rings is 2. The lowest BCUT2D eigenvalue weighted by Gasteiger charge is -2.05. The van der Waals surface area contributed by atoms with E-state index >= 15 is 0 Å². The van der Waals surface area contributed by atoms with Gasteiger partial charge in [-0.2, -0.15) is 0 Å². The van der Waals surface area contributed by atoms with Crippen molar-refractivity contribution in [2.75, 3.05) is 11.1 Å². The number of anilines is 1. The number of hydrogen-bond donors (Lipinski definition) is 1. The molecule has 1 aromatic heterocycles. The minimum absolute atomic E-state index is 0.0299. The van der Waals surface area contributed by atoms with Gasteiger partial charge in [-0.3, -0.25) is 9.59 Å². The summed E-state index contributed by atoms with van der Waals surface area (Å²) in [6.45, 7) is 1.95. The van der Waals surface area contributed by atoms with E-state index in [1.165, 1.54) is 11.8 Å². The zero-order valence-corrected chi connectivity index (χ0v) is 15.7. The molecular formula is C20H19N3O3S. The number of carbonyl (C=O) groups excluding carboxylic acids is 2. The molecule has 0 unspecified atom stereocenters. The fraction of sp³-hybridized carbons (Fsp3) is 0.200. The Hall–Kier alpha value is -2.93. The van der Waals surface area contributed by atoms with Crippen LogP contribution >= 0.6 is 11.8 Å². The van der Waals surface area contributed by atoms with Crippen LogP contribution in [0.15, 0.2) is 64.2 Å². The van der Waals surface area contributed by atoms with Crippen LogP contribution in [0, 0.1) is 0 Å². The van der Waals surface area contributed by atoms with Gasteiger partial charge in [0.15, 0.2) is 5.78 Å². The van der Waals surface area contributed by atoms with Gasteiger partial charge >= 0.3 is 0 Å². The molecule has 0 atom stereocenters. The van der Waals surface area contributed by atoms with Crippen molar-refractivity contribution in [2.45, 2.75) is 25.0 Å². The zero-order chi connectivity index (χ0) is 19.1. The van der Waals surface area contributed by atoms with Crippen LogP contribution in [0.3, 0.4) is 0 Å². The van der Waals surface area contributed by atoms with E-state index in [-0.39, 0.29) is 17.4 Å². The Labute approximate surface area is 161 Å². The van der Waals surface area contributed by atoms with E-state index in [1.54, 1.807) is 24.3 Å². The van der Waals surface area contributed by atoms with Crippen molar-refractivity contribution in [1.82, 2.24) is 10.2 Å². The summed E-state index contributed by atoms with van der Waals surface area (Å²) in [6, 6.07) is 16.3. The van der Waals surface area contributed by atoms with Crippen molar-refractivity contribution in [1.29, 1.82) is 0 Å². The van der Waals surface area contributed by atoms with Gasteiger partial charge in [0.1, 0.15) is 0 Å². The molecule has 6 nitrogen and oxygen atoms in total. The summed E-state index contributed by atoms with van der Waals surface area (Å²) in [5, 5.41) is 11.1. The highest BCUT2D eigenvalue weighted by molar-refractivity contribution is 7.99. The lowest BCUT2D eigenvalue weighted by Crippen LogP contribution is -2.10. The topological polar surface area (TPSA) is 85.1 Å². The molecule has 2 aromatic carbocycles. The number of hydrogen-bond acceptors (Lipinski definition) is 6. The fourth-order valence-electron chi connectivity index (χ4n) is 2.37. The average molecular weight is 381 g/mol. The van der Waals surface area contributed by atoms with E-state index in [4.69, 9.17) is 4.42 Å². The first kappa shape index (κ1) is 18.8. The van der Waals surface area contributed by atoms with Crippen molar-refractivity contribution in [2.24, 2.45) is 0 Å². The number of carbonyl (C=O) groups is 2. The first-order valence-electron chi connectivity index (χ1n) is 8.60. The second-order valence-electron chi connectivity index (χ2n) is 5.83. The summed E-state index contributed by atoms with van der Waals surface area (Å²) >= 11 is 1.20. The second-order valence-corrected chi connectivity index (χ2v) is 6.75. The average Bonchev–Trinajstić information content (AvgIpc) is 3.17. The maximum absolute atomic E-state index is 12.3. The van der Waals surface area contributed by atoms with Crippen LogP contribution in [0.4, 0.5) is 5.69 Å². The first-order valence-corrected chi connectivity index (χ1v) is 9.59. The Morgan fingerprint density at radius 2 is 1.78 bits per heavy atom. The molecule has 0 fully saturated rings. The number of thioether (sulfide) groups is 1. The monoisotopic (exact) mass is 381 g/mol. The lowest BCUT2D eigenvalue weighted by atomic mass is 10.1. The Morgan fingerprint density at radius 3 is 2.48 bits per heavy atom. The zero-order valence-electron chi connectivity index (χ0n) is 14.8. The highest BCUT2D eigenvalue weighted by Gasteiger charge is 2.12. The third kappa shape index (κ3) is 5.27. The molecule has 138 valence electrons. The summed E-state index contributed by atoms with van der Waals surface area (Å²) in [6.07, 6.45) is 1.27. The van der Waals surface area contributed by atoms with Crippen LogP contribution < -0.4 is 5.32 Å². The number of amides is 1. The van der Waals surface area contributed by atoms with Gasteiger partial charge in [-0.15, -0.1) is 10.2 Å². The van der Waals surface area contributed by atoms with Gasteiger partial charge in [-0.1, -0.05) is 36.9 Å². The molecule has 0 radical (unpaired) electrons. The molecule has 0 spiro atoms. The largest absolute Gasteiger partial charge is 0.411 e. The molecule has 0 bridgehead atoms. The van der Waals surface area contributed by atoms with Gasteiger partial charge < -0.3 is 9.73 Å². The molecule has 27 heavy (non-hydrogen) atoms. The molecule has 1 N–H and O–H groups in total. The van der Waals surface area contributed by atoms with E-state index in [0.29, 0.717) is 28.8 Å². The Morgan fingerprint density at radius 1 is 1.04 bits per heavy atom. The van der Waals surface area contributed by atoms with E-state index in [0.717, 1.165) is 12.0 Å². The van der Waals surface area contributed by atoms with Gasteiger partial charge in [-0.05, 0) is 42.8 Å². The molecule has 3 aromatic rings. The number of ketones is 1. The van der Waals surface area contributed by atoms with Gasteiger partial charge in [0, 0.05) is 23.2 Å². The quantitative estimate of drug-likeness (QED) is 0.458. The Bertz CT molecular complexity index is 908. The minimum Gasteiger partial charge on any atom is -0.411 e. The van der Waals surface area contributed by atoms with Crippen LogP contribution in [-0.2, 0) is 4.79 Å². The fourth-order valence-corrected chi connectivity index (χ4v) is 3.02. The molecule has 0 saturated carbocycles. The number of rotatable bonds is 8. The van der Waals surface area contributed by atoms with Gasteiger partial charge in [0.25, 0.3) is 5.22 Å². The highest BCUT2D eigenvalue weighted by atomic mass is 32.2. The molecular weight excluding hydrogens is 362 g/mol.